The summed E-state index contributed by atoms with van der Waals surface area (Å²) in [5.74, 6) is -1.06. The predicted octanol–water partition coefficient (Wildman–Crippen LogP) is 1.24. The molecule has 0 saturated heterocycles. The summed E-state index contributed by atoms with van der Waals surface area (Å²) in [6, 6.07) is 0. The number of hydrogen-bond donors (Lipinski definition) is 2. The van der Waals surface area contributed by atoms with Gasteiger partial charge in [-0.3, -0.25) is 4.79 Å². The van der Waals surface area contributed by atoms with Crippen LogP contribution in [0.25, 0.3) is 0 Å². The Labute approximate surface area is 86.5 Å². The van der Waals surface area contributed by atoms with Crippen molar-refractivity contribution in [2.75, 3.05) is 0 Å². The van der Waals surface area contributed by atoms with Gasteiger partial charge < -0.3 is 14.8 Å². The molecule has 0 aliphatic carbocycles. The van der Waals surface area contributed by atoms with E-state index >= 15 is 0 Å². The molecular formula is C8H7F4NO3. The smallest absolute Gasteiger partial charge is 0.400 e. The molecule has 1 rings (SSSR count). The quantitative estimate of drug-likeness (QED) is 0.782. The number of ether oxygens (including phenoxy) is 1. The first-order valence-electron chi connectivity index (χ1n) is 4.05. The summed E-state index contributed by atoms with van der Waals surface area (Å²) < 4.78 is 51.2. The highest BCUT2D eigenvalue weighted by Crippen LogP contribution is 2.20. The standard InChI is InChI=1S/C8H7F4NO3/c9-1-4-5(3-14)13-2-6(7(4)15)16-8(10,11)12/h2,14H,1,3H2,(H,13,15). The highest BCUT2D eigenvalue weighted by Gasteiger charge is 2.32. The first-order valence-corrected chi connectivity index (χ1v) is 4.05. The van der Waals surface area contributed by atoms with Crippen LogP contribution in [0.3, 0.4) is 0 Å². The zero-order valence-electron chi connectivity index (χ0n) is 7.77. The normalized spacial score (nSPS) is 11.6. The molecule has 4 nitrogen and oxygen atoms in total. The lowest BCUT2D eigenvalue weighted by Gasteiger charge is -2.10. The fourth-order valence-corrected chi connectivity index (χ4v) is 1.07. The minimum Gasteiger partial charge on any atom is -0.400 e. The number of H-pyrrole nitrogens is 1. The summed E-state index contributed by atoms with van der Waals surface area (Å²) in [5.41, 5.74) is -1.99. The number of pyridine rings is 1. The van der Waals surface area contributed by atoms with Crippen molar-refractivity contribution in [3.8, 4) is 5.75 Å². The van der Waals surface area contributed by atoms with Crippen LogP contribution < -0.4 is 10.2 Å². The molecule has 90 valence electrons. The molecule has 2 N–H and O–H groups in total. The van der Waals surface area contributed by atoms with E-state index in [1.165, 1.54) is 0 Å². The Morgan fingerprint density at radius 2 is 2.06 bits per heavy atom. The van der Waals surface area contributed by atoms with Crippen molar-refractivity contribution in [1.29, 1.82) is 0 Å². The van der Waals surface area contributed by atoms with Crippen LogP contribution in [0.5, 0.6) is 5.75 Å². The van der Waals surface area contributed by atoms with Gasteiger partial charge in [0.15, 0.2) is 5.75 Å². The van der Waals surface area contributed by atoms with Crippen molar-refractivity contribution >= 4 is 0 Å². The second kappa shape index (κ2) is 4.52. The van der Waals surface area contributed by atoms with Crippen molar-refractivity contribution in [3.05, 3.63) is 27.7 Å². The van der Waals surface area contributed by atoms with Crippen molar-refractivity contribution < 1.29 is 27.4 Å². The van der Waals surface area contributed by atoms with Crippen molar-refractivity contribution in [1.82, 2.24) is 4.98 Å². The Morgan fingerprint density at radius 1 is 1.44 bits per heavy atom. The SMILES string of the molecule is O=c1c(OC(F)(F)F)c[nH]c(CO)c1CF. The summed E-state index contributed by atoms with van der Waals surface area (Å²) >= 11 is 0. The molecule has 0 spiro atoms. The van der Waals surface area contributed by atoms with Gasteiger partial charge in [0.2, 0.25) is 5.43 Å². The fraction of sp³-hybridized carbons (Fsp3) is 0.375. The Balaban J connectivity index is 3.20. The molecule has 0 bridgehead atoms. The number of aliphatic hydroxyl groups excluding tert-OH is 1. The molecule has 0 atom stereocenters. The number of aromatic amines is 1. The van der Waals surface area contributed by atoms with Gasteiger partial charge in [-0.2, -0.15) is 0 Å². The van der Waals surface area contributed by atoms with Gasteiger partial charge in [0, 0.05) is 6.20 Å². The van der Waals surface area contributed by atoms with E-state index in [1.54, 1.807) is 0 Å². The molecule has 0 saturated carbocycles. The van der Waals surface area contributed by atoms with Crippen LogP contribution in [0.1, 0.15) is 11.3 Å². The van der Waals surface area contributed by atoms with E-state index in [-0.39, 0.29) is 5.69 Å². The largest absolute Gasteiger partial charge is 0.573 e. The number of rotatable bonds is 3. The van der Waals surface area contributed by atoms with Gasteiger partial charge in [0.25, 0.3) is 0 Å². The molecule has 0 aliphatic heterocycles. The van der Waals surface area contributed by atoms with Gasteiger partial charge in [0.1, 0.15) is 6.67 Å². The lowest BCUT2D eigenvalue weighted by Crippen LogP contribution is -2.24. The zero-order chi connectivity index (χ0) is 12.3. The molecule has 1 heterocycles. The number of aliphatic hydroxyl groups is 1. The minimum atomic E-state index is -5.03. The summed E-state index contributed by atoms with van der Waals surface area (Å²) in [4.78, 5) is 13.4. The number of alkyl halides is 4. The van der Waals surface area contributed by atoms with Gasteiger partial charge in [-0.15, -0.1) is 13.2 Å². The van der Waals surface area contributed by atoms with Gasteiger partial charge in [0.05, 0.1) is 17.9 Å². The number of hydrogen-bond acceptors (Lipinski definition) is 3. The van der Waals surface area contributed by atoms with Gasteiger partial charge in [-0.05, 0) is 0 Å². The van der Waals surface area contributed by atoms with Crippen LogP contribution in [0.4, 0.5) is 17.6 Å². The first kappa shape index (κ1) is 12.5. The van der Waals surface area contributed by atoms with Gasteiger partial charge in [-0.1, -0.05) is 0 Å². The van der Waals surface area contributed by atoms with Crippen LogP contribution in [-0.4, -0.2) is 16.5 Å². The average Bonchev–Trinajstić information content (AvgIpc) is 2.19. The fourth-order valence-electron chi connectivity index (χ4n) is 1.07. The predicted molar refractivity (Wildman–Crippen MR) is 44.5 cm³/mol. The van der Waals surface area contributed by atoms with E-state index in [0.29, 0.717) is 6.20 Å². The first-order chi connectivity index (χ1) is 7.39. The van der Waals surface area contributed by atoms with Gasteiger partial charge in [-0.25, -0.2) is 4.39 Å². The van der Waals surface area contributed by atoms with Crippen LogP contribution in [-0.2, 0) is 13.3 Å². The molecular weight excluding hydrogens is 234 g/mol. The third-order valence-corrected chi connectivity index (χ3v) is 1.76. The third-order valence-electron chi connectivity index (χ3n) is 1.76. The van der Waals surface area contributed by atoms with E-state index < -0.39 is 36.4 Å². The van der Waals surface area contributed by atoms with E-state index in [0.717, 1.165) is 0 Å². The molecule has 8 heteroatoms. The maximum absolute atomic E-state index is 12.4. The molecule has 1 aromatic rings. The molecule has 0 aliphatic rings. The summed E-state index contributed by atoms with van der Waals surface area (Å²) in [5, 5.41) is 8.70. The Hall–Kier alpha value is -1.57. The summed E-state index contributed by atoms with van der Waals surface area (Å²) in [6.45, 7) is -1.97. The second-order valence-corrected chi connectivity index (χ2v) is 2.78. The number of aromatic nitrogens is 1. The van der Waals surface area contributed by atoms with Crippen LogP contribution in [0.2, 0.25) is 0 Å². The third kappa shape index (κ3) is 2.72. The second-order valence-electron chi connectivity index (χ2n) is 2.78. The molecule has 0 fully saturated rings. The van der Waals surface area contributed by atoms with E-state index in [4.69, 9.17) is 5.11 Å². The van der Waals surface area contributed by atoms with Crippen LogP contribution in [0.15, 0.2) is 11.0 Å². The Bertz CT molecular complexity index is 426. The summed E-state index contributed by atoms with van der Waals surface area (Å²) in [6.07, 6.45) is -4.40. The van der Waals surface area contributed by atoms with Crippen LogP contribution >= 0.6 is 0 Å². The molecule has 0 amide bonds. The number of halogens is 4. The Morgan fingerprint density at radius 3 is 2.50 bits per heavy atom. The molecule has 0 aromatic carbocycles. The molecule has 16 heavy (non-hydrogen) atoms. The van der Waals surface area contributed by atoms with E-state index in [1.807, 2.05) is 0 Å². The maximum atomic E-state index is 12.4. The zero-order valence-corrected chi connectivity index (χ0v) is 7.77. The highest BCUT2D eigenvalue weighted by atomic mass is 19.4. The van der Waals surface area contributed by atoms with Crippen molar-refractivity contribution in [2.24, 2.45) is 0 Å². The maximum Gasteiger partial charge on any atom is 0.573 e. The van der Waals surface area contributed by atoms with Crippen molar-refractivity contribution in [3.63, 3.8) is 0 Å². The monoisotopic (exact) mass is 241 g/mol. The van der Waals surface area contributed by atoms with Crippen molar-refractivity contribution in [2.45, 2.75) is 19.6 Å². The minimum absolute atomic E-state index is 0.179. The van der Waals surface area contributed by atoms with Gasteiger partial charge >= 0.3 is 6.36 Å². The molecule has 1 aromatic heterocycles. The molecule has 0 unspecified atom stereocenters. The van der Waals surface area contributed by atoms with Crippen LogP contribution in [0, 0.1) is 0 Å². The van der Waals surface area contributed by atoms with E-state index in [2.05, 4.69) is 9.72 Å². The molecule has 0 radical (unpaired) electrons. The Kier molecular flexibility index (Phi) is 3.53. The number of nitrogens with one attached hydrogen (secondary N) is 1. The highest BCUT2D eigenvalue weighted by molar-refractivity contribution is 5.29. The lowest BCUT2D eigenvalue weighted by atomic mass is 10.2. The topological polar surface area (TPSA) is 62.3 Å². The van der Waals surface area contributed by atoms with E-state index in [9.17, 15) is 22.4 Å². The summed E-state index contributed by atoms with van der Waals surface area (Å²) in [7, 11) is 0. The lowest BCUT2D eigenvalue weighted by molar-refractivity contribution is -0.275. The average molecular weight is 241 g/mol.